The van der Waals surface area contributed by atoms with Crippen LogP contribution in [-0.4, -0.2) is 76.1 Å². The number of likely N-dealkylation sites (tertiary alicyclic amines) is 2. The molecule has 1 amide bonds. The molecule has 1 aromatic rings. The zero-order valence-corrected chi connectivity index (χ0v) is 16.8. The van der Waals surface area contributed by atoms with Gasteiger partial charge in [-0.05, 0) is 40.2 Å². The Bertz CT molecular complexity index is 539. The molecule has 27 heavy (non-hydrogen) atoms. The van der Waals surface area contributed by atoms with Crippen LogP contribution in [0.3, 0.4) is 0 Å². The summed E-state index contributed by atoms with van der Waals surface area (Å²) in [4.78, 5) is 15.7. The Labute approximate surface area is 162 Å². The van der Waals surface area contributed by atoms with E-state index < -0.39 is 11.2 Å². The zero-order chi connectivity index (χ0) is 19.9. The summed E-state index contributed by atoms with van der Waals surface area (Å²) < 4.78 is 5.32. The Morgan fingerprint density at radius 3 is 2.15 bits per heavy atom. The van der Waals surface area contributed by atoms with E-state index in [1.165, 1.54) is 0 Å². The number of β-amino-alcohol motifs (C(OH)–C–C–N with tert-alkyl or cyclic N) is 2. The van der Waals surface area contributed by atoms with Gasteiger partial charge in [0.1, 0.15) is 11.2 Å². The van der Waals surface area contributed by atoms with E-state index in [-0.39, 0.29) is 18.7 Å². The first-order chi connectivity index (χ1) is 12.7. The van der Waals surface area contributed by atoms with Crippen LogP contribution in [-0.2, 0) is 4.74 Å². The van der Waals surface area contributed by atoms with Crippen LogP contribution in [0.2, 0.25) is 0 Å². The summed E-state index contributed by atoms with van der Waals surface area (Å²) in [6.07, 6.45) is 2.74. The van der Waals surface area contributed by atoms with Gasteiger partial charge in [0, 0.05) is 12.6 Å². The number of nitrogens with zero attached hydrogens (tertiary/aromatic N) is 2. The van der Waals surface area contributed by atoms with E-state index in [9.17, 15) is 9.90 Å². The fourth-order valence-corrected chi connectivity index (χ4v) is 3.66. The quantitative estimate of drug-likeness (QED) is 0.845. The van der Waals surface area contributed by atoms with Gasteiger partial charge < -0.3 is 19.8 Å². The second-order valence-corrected chi connectivity index (χ2v) is 8.37. The first-order valence-corrected chi connectivity index (χ1v) is 9.80. The van der Waals surface area contributed by atoms with Gasteiger partial charge in [0.25, 0.3) is 0 Å². The van der Waals surface area contributed by atoms with Crippen molar-refractivity contribution >= 4 is 6.09 Å². The first-order valence-electron chi connectivity index (χ1n) is 9.80. The van der Waals surface area contributed by atoms with Gasteiger partial charge in [-0.2, -0.15) is 0 Å². The SMILES string of the molecule is CC(C)(C)OC(=O)N1CC(O)(C2CCCCN2CCO)C1.c1ccccc1. The van der Waals surface area contributed by atoms with E-state index in [0.717, 1.165) is 25.8 Å². The molecule has 2 heterocycles. The molecule has 1 unspecified atom stereocenters. The largest absolute Gasteiger partial charge is 0.444 e. The summed E-state index contributed by atoms with van der Waals surface area (Å²) in [6.45, 7) is 7.72. The Hall–Kier alpha value is -1.63. The molecule has 0 aliphatic carbocycles. The van der Waals surface area contributed by atoms with Crippen LogP contribution in [0.1, 0.15) is 40.0 Å². The van der Waals surface area contributed by atoms with Gasteiger partial charge in [0.2, 0.25) is 0 Å². The highest BCUT2D eigenvalue weighted by molar-refractivity contribution is 5.69. The molecule has 0 radical (unpaired) electrons. The predicted octanol–water partition coefficient (Wildman–Crippen LogP) is 2.50. The van der Waals surface area contributed by atoms with Crippen LogP contribution >= 0.6 is 0 Å². The van der Waals surface area contributed by atoms with Crippen molar-refractivity contribution in [1.29, 1.82) is 0 Å². The minimum absolute atomic E-state index is 0.0251. The molecule has 0 saturated carbocycles. The van der Waals surface area contributed by atoms with Crippen LogP contribution in [0, 0.1) is 0 Å². The number of aliphatic hydroxyl groups excluding tert-OH is 1. The summed E-state index contributed by atoms with van der Waals surface area (Å²) in [7, 11) is 0. The standard InChI is InChI=1S/C15H28N2O4.C6H6/c1-14(2,3)21-13(19)17-10-15(20,11-17)12-6-4-5-7-16(12)8-9-18;1-2-4-6-5-3-1/h12,18,20H,4-11H2,1-3H3;1-6H. The van der Waals surface area contributed by atoms with Gasteiger partial charge in [-0.3, -0.25) is 4.90 Å². The van der Waals surface area contributed by atoms with E-state index in [1.54, 1.807) is 4.90 Å². The molecular weight excluding hydrogens is 344 g/mol. The van der Waals surface area contributed by atoms with E-state index in [1.807, 2.05) is 57.2 Å². The third-order valence-electron chi connectivity index (χ3n) is 4.87. The van der Waals surface area contributed by atoms with Crippen LogP contribution in [0.15, 0.2) is 36.4 Å². The second kappa shape index (κ2) is 9.53. The number of hydrogen-bond donors (Lipinski definition) is 2. The number of rotatable bonds is 3. The minimum Gasteiger partial charge on any atom is -0.444 e. The molecule has 0 bridgehead atoms. The molecule has 1 atom stereocenters. The fourth-order valence-electron chi connectivity index (χ4n) is 3.66. The molecule has 0 spiro atoms. The highest BCUT2D eigenvalue weighted by Gasteiger charge is 2.52. The lowest BCUT2D eigenvalue weighted by Crippen LogP contribution is -2.72. The van der Waals surface area contributed by atoms with E-state index in [2.05, 4.69) is 4.90 Å². The van der Waals surface area contributed by atoms with Gasteiger partial charge in [0.05, 0.1) is 19.7 Å². The molecule has 152 valence electrons. The van der Waals surface area contributed by atoms with Crippen molar-refractivity contribution in [3.05, 3.63) is 36.4 Å². The molecule has 6 nitrogen and oxygen atoms in total. The fraction of sp³-hybridized carbons (Fsp3) is 0.667. The maximum atomic E-state index is 12.0. The van der Waals surface area contributed by atoms with E-state index in [4.69, 9.17) is 9.84 Å². The smallest absolute Gasteiger partial charge is 0.410 e. The second-order valence-electron chi connectivity index (χ2n) is 8.37. The number of amides is 1. The molecule has 3 rings (SSSR count). The van der Waals surface area contributed by atoms with E-state index >= 15 is 0 Å². The highest BCUT2D eigenvalue weighted by Crippen LogP contribution is 2.34. The van der Waals surface area contributed by atoms with Crippen LogP contribution in [0.5, 0.6) is 0 Å². The third-order valence-corrected chi connectivity index (χ3v) is 4.87. The Morgan fingerprint density at radius 2 is 1.67 bits per heavy atom. The molecule has 6 heteroatoms. The van der Waals surface area contributed by atoms with Crippen molar-refractivity contribution in [2.24, 2.45) is 0 Å². The molecule has 2 aliphatic heterocycles. The minimum atomic E-state index is -0.869. The molecule has 2 saturated heterocycles. The topological polar surface area (TPSA) is 73.2 Å². The highest BCUT2D eigenvalue weighted by atomic mass is 16.6. The lowest BCUT2D eigenvalue weighted by molar-refractivity contribution is -0.150. The Balaban J connectivity index is 0.000000369. The molecule has 2 fully saturated rings. The van der Waals surface area contributed by atoms with Gasteiger partial charge in [0.15, 0.2) is 0 Å². The summed E-state index contributed by atoms with van der Waals surface area (Å²) in [6, 6.07) is 12.0. The predicted molar refractivity (Wildman–Crippen MR) is 105 cm³/mol. The summed E-state index contributed by atoms with van der Waals surface area (Å²) in [5.74, 6) is 0. The number of benzene rings is 1. The average Bonchev–Trinajstić information content (AvgIpc) is 2.60. The van der Waals surface area contributed by atoms with Crippen LogP contribution < -0.4 is 0 Å². The Morgan fingerprint density at radius 1 is 1.11 bits per heavy atom. The maximum absolute atomic E-state index is 12.0. The average molecular weight is 379 g/mol. The van der Waals surface area contributed by atoms with Crippen molar-refractivity contribution in [3.8, 4) is 0 Å². The van der Waals surface area contributed by atoms with Crippen molar-refractivity contribution < 1.29 is 19.7 Å². The van der Waals surface area contributed by atoms with Gasteiger partial charge >= 0.3 is 6.09 Å². The number of hydrogen-bond acceptors (Lipinski definition) is 5. The van der Waals surface area contributed by atoms with Crippen molar-refractivity contribution in [2.45, 2.75) is 57.3 Å². The maximum Gasteiger partial charge on any atom is 0.410 e. The lowest BCUT2D eigenvalue weighted by Gasteiger charge is -2.54. The van der Waals surface area contributed by atoms with Crippen LogP contribution in [0.4, 0.5) is 4.79 Å². The Kier molecular flexibility index (Phi) is 7.65. The van der Waals surface area contributed by atoms with Crippen molar-refractivity contribution in [2.75, 3.05) is 32.8 Å². The molecule has 0 aromatic heterocycles. The summed E-state index contributed by atoms with van der Waals surface area (Å²) >= 11 is 0. The van der Waals surface area contributed by atoms with Gasteiger partial charge in [-0.1, -0.05) is 42.8 Å². The molecule has 2 aliphatic rings. The normalized spacial score (nSPS) is 22.3. The number of ether oxygens (including phenoxy) is 1. The zero-order valence-electron chi connectivity index (χ0n) is 16.8. The molecule has 2 N–H and O–H groups in total. The number of carbonyl (C=O) groups is 1. The summed E-state index contributed by atoms with van der Waals surface area (Å²) in [5.41, 5.74) is -1.38. The monoisotopic (exact) mass is 378 g/mol. The molecular formula is C21H34N2O4. The number of aliphatic hydroxyl groups is 2. The molecule has 1 aromatic carbocycles. The van der Waals surface area contributed by atoms with Crippen LogP contribution in [0.25, 0.3) is 0 Å². The van der Waals surface area contributed by atoms with Gasteiger partial charge in [-0.15, -0.1) is 0 Å². The van der Waals surface area contributed by atoms with Crippen molar-refractivity contribution in [3.63, 3.8) is 0 Å². The lowest BCUT2D eigenvalue weighted by atomic mass is 9.80. The van der Waals surface area contributed by atoms with Crippen molar-refractivity contribution in [1.82, 2.24) is 9.80 Å². The van der Waals surface area contributed by atoms with Gasteiger partial charge in [-0.25, -0.2) is 4.79 Å². The number of carbonyl (C=O) groups excluding carboxylic acids is 1. The third kappa shape index (κ3) is 6.48. The summed E-state index contributed by atoms with van der Waals surface area (Å²) in [5, 5.41) is 19.9. The first kappa shape index (κ1) is 21.7. The number of piperidine rings is 1. The van der Waals surface area contributed by atoms with E-state index in [0.29, 0.717) is 19.6 Å².